The predicted molar refractivity (Wildman–Crippen MR) is 53.7 cm³/mol. The second kappa shape index (κ2) is 3.87. The molecule has 14 heavy (non-hydrogen) atoms. The quantitative estimate of drug-likeness (QED) is 0.819. The Morgan fingerprint density at radius 3 is 2.71 bits per heavy atom. The predicted octanol–water partition coefficient (Wildman–Crippen LogP) is 3.31. The highest BCUT2D eigenvalue weighted by molar-refractivity contribution is 6.30. The zero-order valence-electron chi connectivity index (χ0n) is 7.71. The molecule has 1 saturated carbocycles. The van der Waals surface area contributed by atoms with Crippen LogP contribution in [0.1, 0.15) is 30.9 Å². The van der Waals surface area contributed by atoms with Gasteiger partial charge in [-0.15, -0.1) is 0 Å². The van der Waals surface area contributed by atoms with Crippen LogP contribution in [-0.2, 0) is 0 Å². The van der Waals surface area contributed by atoms with E-state index in [1.165, 1.54) is 25.0 Å². The summed E-state index contributed by atoms with van der Waals surface area (Å²) < 4.78 is 12.9. The molecule has 1 N–H and O–H groups in total. The Kier molecular flexibility index (Phi) is 2.75. The van der Waals surface area contributed by atoms with Crippen molar-refractivity contribution in [2.45, 2.75) is 25.4 Å². The van der Waals surface area contributed by atoms with Gasteiger partial charge in [-0.3, -0.25) is 0 Å². The van der Waals surface area contributed by atoms with Crippen LogP contribution in [0.3, 0.4) is 0 Å². The third-order valence-electron chi connectivity index (χ3n) is 2.52. The average Bonchev–Trinajstić information content (AvgIpc) is 2.86. The molecule has 1 aliphatic carbocycles. The molecule has 0 radical (unpaired) electrons. The fourth-order valence-corrected chi connectivity index (χ4v) is 1.80. The van der Waals surface area contributed by atoms with E-state index in [9.17, 15) is 9.50 Å². The Labute approximate surface area is 87.5 Å². The van der Waals surface area contributed by atoms with Gasteiger partial charge in [0, 0.05) is 5.02 Å². The summed E-state index contributed by atoms with van der Waals surface area (Å²) in [5.74, 6) is 0.231. The van der Waals surface area contributed by atoms with Crippen LogP contribution < -0.4 is 0 Å². The lowest BCUT2D eigenvalue weighted by molar-refractivity contribution is 0.160. The van der Waals surface area contributed by atoms with Crippen LogP contribution >= 0.6 is 11.6 Å². The maximum atomic E-state index is 12.9. The number of halogens is 2. The van der Waals surface area contributed by atoms with Crippen molar-refractivity contribution < 1.29 is 9.50 Å². The van der Waals surface area contributed by atoms with E-state index in [1.54, 1.807) is 6.07 Å². The van der Waals surface area contributed by atoms with Crippen molar-refractivity contribution in [3.05, 3.63) is 34.6 Å². The van der Waals surface area contributed by atoms with Gasteiger partial charge in [0.15, 0.2) is 0 Å². The molecule has 0 bridgehead atoms. The highest BCUT2D eigenvalue weighted by Crippen LogP contribution is 2.37. The van der Waals surface area contributed by atoms with Crippen molar-refractivity contribution >= 4 is 11.6 Å². The summed E-state index contributed by atoms with van der Waals surface area (Å²) in [6, 6.07) is 4.21. The molecule has 1 aliphatic rings. The molecule has 1 atom stereocenters. The normalized spacial score (nSPS) is 18.2. The Morgan fingerprint density at radius 2 is 2.14 bits per heavy atom. The number of hydrogen-bond acceptors (Lipinski definition) is 1. The number of aliphatic hydroxyl groups is 1. The van der Waals surface area contributed by atoms with Gasteiger partial charge >= 0.3 is 0 Å². The molecule has 0 saturated heterocycles. The fourth-order valence-electron chi connectivity index (χ4n) is 1.57. The molecule has 1 fully saturated rings. The largest absolute Gasteiger partial charge is 0.388 e. The Morgan fingerprint density at radius 1 is 1.43 bits per heavy atom. The monoisotopic (exact) mass is 214 g/mol. The van der Waals surface area contributed by atoms with Crippen LogP contribution in [0.5, 0.6) is 0 Å². The molecule has 0 aliphatic heterocycles. The number of hydrogen-bond donors (Lipinski definition) is 1. The summed E-state index contributed by atoms with van der Waals surface area (Å²) in [6.45, 7) is 0. The van der Waals surface area contributed by atoms with Crippen molar-refractivity contribution in [3.8, 4) is 0 Å². The van der Waals surface area contributed by atoms with Crippen LogP contribution in [0.2, 0.25) is 5.02 Å². The van der Waals surface area contributed by atoms with Gasteiger partial charge in [-0.25, -0.2) is 4.39 Å². The van der Waals surface area contributed by atoms with Gasteiger partial charge in [-0.2, -0.15) is 0 Å². The molecule has 3 heteroatoms. The van der Waals surface area contributed by atoms with E-state index >= 15 is 0 Å². The summed E-state index contributed by atoms with van der Waals surface area (Å²) in [4.78, 5) is 0. The lowest BCUT2D eigenvalue weighted by atomic mass is 10.0. The van der Waals surface area contributed by atoms with Gasteiger partial charge in [-0.05, 0) is 36.1 Å². The minimum Gasteiger partial charge on any atom is -0.388 e. The highest BCUT2D eigenvalue weighted by atomic mass is 35.5. The second-order valence-corrected chi connectivity index (χ2v) is 4.33. The third-order valence-corrected chi connectivity index (χ3v) is 2.74. The maximum Gasteiger partial charge on any atom is 0.125 e. The Bertz CT molecular complexity index is 316. The van der Waals surface area contributed by atoms with Crippen molar-refractivity contribution in [2.75, 3.05) is 0 Å². The first-order chi connectivity index (χ1) is 6.65. The van der Waals surface area contributed by atoms with E-state index in [0.29, 0.717) is 16.5 Å². The molecular weight excluding hydrogens is 203 g/mol. The summed E-state index contributed by atoms with van der Waals surface area (Å²) >= 11 is 5.70. The lowest BCUT2D eigenvalue weighted by Gasteiger charge is -2.10. The van der Waals surface area contributed by atoms with E-state index in [-0.39, 0.29) is 5.82 Å². The molecule has 0 heterocycles. The molecule has 0 aromatic heterocycles. The molecule has 2 rings (SSSR count). The number of rotatable bonds is 3. The van der Waals surface area contributed by atoms with Gasteiger partial charge in [0.25, 0.3) is 0 Å². The first-order valence-electron chi connectivity index (χ1n) is 4.79. The van der Waals surface area contributed by atoms with Crippen molar-refractivity contribution in [1.82, 2.24) is 0 Å². The van der Waals surface area contributed by atoms with Crippen LogP contribution in [0.4, 0.5) is 4.39 Å². The van der Waals surface area contributed by atoms with E-state index in [0.717, 1.165) is 6.42 Å². The van der Waals surface area contributed by atoms with E-state index in [1.807, 2.05) is 0 Å². The SMILES string of the molecule is OC(CC1CC1)c1cc(F)cc(Cl)c1. The van der Waals surface area contributed by atoms with Gasteiger partial charge in [-0.1, -0.05) is 24.4 Å². The van der Waals surface area contributed by atoms with Crippen LogP contribution in [0.25, 0.3) is 0 Å². The van der Waals surface area contributed by atoms with Crippen LogP contribution in [0, 0.1) is 11.7 Å². The summed E-state index contributed by atoms with van der Waals surface area (Å²) in [5.41, 5.74) is 0.585. The lowest BCUT2D eigenvalue weighted by Crippen LogP contribution is -1.99. The molecule has 0 amide bonds. The summed E-state index contributed by atoms with van der Waals surface area (Å²) in [7, 11) is 0. The average molecular weight is 215 g/mol. The first-order valence-corrected chi connectivity index (χ1v) is 5.17. The number of benzene rings is 1. The minimum atomic E-state index is -0.573. The van der Waals surface area contributed by atoms with Crippen molar-refractivity contribution in [3.63, 3.8) is 0 Å². The van der Waals surface area contributed by atoms with Gasteiger partial charge in [0.1, 0.15) is 5.82 Å². The second-order valence-electron chi connectivity index (χ2n) is 3.90. The van der Waals surface area contributed by atoms with E-state index < -0.39 is 6.10 Å². The summed E-state index contributed by atoms with van der Waals surface area (Å²) in [6.07, 6.45) is 2.51. The highest BCUT2D eigenvalue weighted by Gasteiger charge is 2.25. The zero-order valence-corrected chi connectivity index (χ0v) is 8.47. The first kappa shape index (κ1) is 9.94. The third kappa shape index (κ3) is 2.46. The minimum absolute atomic E-state index is 0.342. The maximum absolute atomic E-state index is 12.9. The van der Waals surface area contributed by atoms with Gasteiger partial charge in [0.2, 0.25) is 0 Å². The summed E-state index contributed by atoms with van der Waals surface area (Å²) in [5, 5.41) is 10.1. The Balaban J connectivity index is 2.12. The molecule has 76 valence electrons. The fraction of sp³-hybridized carbons (Fsp3) is 0.455. The molecule has 1 aromatic rings. The Hall–Kier alpha value is -0.600. The van der Waals surface area contributed by atoms with Crippen molar-refractivity contribution in [1.29, 1.82) is 0 Å². The van der Waals surface area contributed by atoms with Crippen molar-refractivity contribution in [2.24, 2.45) is 5.92 Å². The van der Waals surface area contributed by atoms with E-state index in [2.05, 4.69) is 0 Å². The van der Waals surface area contributed by atoms with Crippen LogP contribution in [-0.4, -0.2) is 5.11 Å². The topological polar surface area (TPSA) is 20.2 Å². The molecule has 1 unspecified atom stereocenters. The molecule has 1 aromatic carbocycles. The standard InChI is InChI=1S/C11H12ClFO/c12-9-4-8(5-10(13)6-9)11(14)3-7-1-2-7/h4-7,11,14H,1-3H2. The van der Waals surface area contributed by atoms with Gasteiger partial charge in [0.05, 0.1) is 6.10 Å². The van der Waals surface area contributed by atoms with Crippen LogP contribution in [0.15, 0.2) is 18.2 Å². The molecule has 0 spiro atoms. The zero-order chi connectivity index (χ0) is 10.1. The number of aliphatic hydroxyl groups excluding tert-OH is 1. The molecule has 1 nitrogen and oxygen atoms in total. The molecular formula is C11H12ClFO. The van der Waals surface area contributed by atoms with Gasteiger partial charge < -0.3 is 5.11 Å². The van der Waals surface area contributed by atoms with E-state index in [4.69, 9.17) is 11.6 Å². The smallest absolute Gasteiger partial charge is 0.125 e.